The minimum absolute atomic E-state index is 0.117. The summed E-state index contributed by atoms with van der Waals surface area (Å²) in [6, 6.07) is 15.3. The van der Waals surface area contributed by atoms with Gasteiger partial charge in [0.05, 0.1) is 0 Å². The quantitative estimate of drug-likeness (QED) is 0.667. The Morgan fingerprint density at radius 2 is 1.71 bits per heavy atom. The molecule has 1 fully saturated rings. The SMILES string of the molecule is Cc1ccc(CSCCNC(=O)C2CCN(Cc3ccc(F)cc3)CC2)cc1. The van der Waals surface area contributed by atoms with E-state index in [4.69, 9.17) is 0 Å². The molecule has 1 aliphatic rings. The van der Waals surface area contributed by atoms with Crippen LogP contribution in [0.4, 0.5) is 4.39 Å². The second kappa shape index (κ2) is 10.6. The molecule has 0 spiro atoms. The highest BCUT2D eigenvalue weighted by Gasteiger charge is 2.24. The molecule has 0 aromatic heterocycles. The van der Waals surface area contributed by atoms with Crippen molar-refractivity contribution in [3.63, 3.8) is 0 Å². The number of benzene rings is 2. The number of likely N-dealkylation sites (tertiary alicyclic amines) is 1. The first-order chi connectivity index (χ1) is 13.6. The smallest absolute Gasteiger partial charge is 0.223 e. The fourth-order valence-corrected chi connectivity index (χ4v) is 4.29. The summed E-state index contributed by atoms with van der Waals surface area (Å²) in [5.41, 5.74) is 3.73. The van der Waals surface area contributed by atoms with Crippen molar-refractivity contribution in [3.8, 4) is 0 Å². The van der Waals surface area contributed by atoms with Crippen LogP contribution in [0.15, 0.2) is 48.5 Å². The molecule has 0 radical (unpaired) electrons. The standard InChI is InChI=1S/C23H29FN2OS/c1-18-2-4-20(5-3-18)17-28-15-12-25-23(27)21-10-13-26(14-11-21)16-19-6-8-22(24)9-7-19/h2-9,21H,10-17H2,1H3,(H,25,27). The van der Waals surface area contributed by atoms with Crippen LogP contribution in [0.2, 0.25) is 0 Å². The van der Waals surface area contributed by atoms with Gasteiger partial charge in [0.25, 0.3) is 0 Å². The maximum Gasteiger partial charge on any atom is 0.223 e. The largest absolute Gasteiger partial charge is 0.355 e. The van der Waals surface area contributed by atoms with E-state index in [1.54, 1.807) is 0 Å². The molecule has 1 saturated heterocycles. The molecule has 0 saturated carbocycles. The monoisotopic (exact) mass is 400 g/mol. The Morgan fingerprint density at radius 1 is 1.07 bits per heavy atom. The van der Waals surface area contributed by atoms with Crippen LogP contribution in [0, 0.1) is 18.7 Å². The summed E-state index contributed by atoms with van der Waals surface area (Å²) in [5.74, 6) is 2.03. The van der Waals surface area contributed by atoms with Gasteiger partial charge in [-0.3, -0.25) is 9.69 Å². The Hall–Kier alpha value is -1.85. The highest BCUT2D eigenvalue weighted by atomic mass is 32.2. The lowest BCUT2D eigenvalue weighted by Gasteiger charge is -2.31. The average molecular weight is 401 g/mol. The van der Waals surface area contributed by atoms with Gasteiger partial charge in [-0.1, -0.05) is 42.0 Å². The molecule has 5 heteroatoms. The van der Waals surface area contributed by atoms with E-state index in [0.29, 0.717) is 0 Å². The highest BCUT2D eigenvalue weighted by Crippen LogP contribution is 2.19. The number of nitrogens with one attached hydrogen (secondary N) is 1. The van der Waals surface area contributed by atoms with Crippen molar-refractivity contribution in [3.05, 3.63) is 71.0 Å². The first-order valence-electron chi connectivity index (χ1n) is 9.98. The Morgan fingerprint density at radius 3 is 2.39 bits per heavy atom. The number of piperidine rings is 1. The lowest BCUT2D eigenvalue weighted by molar-refractivity contribution is -0.126. The number of rotatable bonds is 8. The molecule has 150 valence electrons. The predicted molar refractivity (Wildman–Crippen MR) is 115 cm³/mol. The van der Waals surface area contributed by atoms with Crippen LogP contribution in [0.25, 0.3) is 0 Å². The van der Waals surface area contributed by atoms with E-state index < -0.39 is 0 Å². The third-order valence-electron chi connectivity index (χ3n) is 5.21. The zero-order chi connectivity index (χ0) is 19.8. The van der Waals surface area contributed by atoms with Gasteiger partial charge in [0, 0.05) is 30.5 Å². The van der Waals surface area contributed by atoms with Crippen LogP contribution < -0.4 is 5.32 Å². The highest BCUT2D eigenvalue weighted by molar-refractivity contribution is 7.98. The summed E-state index contributed by atoms with van der Waals surface area (Å²) in [4.78, 5) is 14.7. The minimum Gasteiger partial charge on any atom is -0.355 e. The van der Waals surface area contributed by atoms with Crippen LogP contribution in [-0.2, 0) is 17.1 Å². The van der Waals surface area contributed by atoms with E-state index in [-0.39, 0.29) is 17.6 Å². The second-order valence-corrected chi connectivity index (χ2v) is 8.61. The first kappa shape index (κ1) is 20.9. The molecule has 1 N–H and O–H groups in total. The van der Waals surface area contributed by atoms with Crippen molar-refractivity contribution in [2.24, 2.45) is 5.92 Å². The molecular weight excluding hydrogens is 371 g/mol. The topological polar surface area (TPSA) is 32.3 Å². The maximum absolute atomic E-state index is 13.0. The zero-order valence-electron chi connectivity index (χ0n) is 16.5. The molecule has 0 bridgehead atoms. The van der Waals surface area contributed by atoms with Crippen molar-refractivity contribution in [2.45, 2.75) is 32.1 Å². The molecule has 1 heterocycles. The van der Waals surface area contributed by atoms with Gasteiger partial charge in [-0.2, -0.15) is 11.8 Å². The van der Waals surface area contributed by atoms with Gasteiger partial charge in [0.15, 0.2) is 0 Å². The van der Waals surface area contributed by atoms with E-state index in [2.05, 4.69) is 41.4 Å². The first-order valence-corrected chi connectivity index (χ1v) is 11.1. The molecule has 0 atom stereocenters. The van der Waals surface area contributed by atoms with Gasteiger partial charge >= 0.3 is 0 Å². The van der Waals surface area contributed by atoms with Crippen LogP contribution in [0.3, 0.4) is 0 Å². The third kappa shape index (κ3) is 6.64. The van der Waals surface area contributed by atoms with Crippen LogP contribution >= 0.6 is 11.8 Å². The van der Waals surface area contributed by atoms with Gasteiger partial charge < -0.3 is 5.32 Å². The second-order valence-electron chi connectivity index (χ2n) is 7.51. The molecule has 2 aromatic carbocycles. The van der Waals surface area contributed by atoms with E-state index >= 15 is 0 Å². The Labute approximate surface area is 171 Å². The van der Waals surface area contributed by atoms with Gasteiger partial charge in [-0.05, 0) is 56.1 Å². The van der Waals surface area contributed by atoms with Gasteiger partial charge in [-0.15, -0.1) is 0 Å². The summed E-state index contributed by atoms with van der Waals surface area (Å²) in [6.45, 7) is 5.48. The Kier molecular flexibility index (Phi) is 7.92. The summed E-state index contributed by atoms with van der Waals surface area (Å²) < 4.78 is 13.0. The molecule has 2 aromatic rings. The van der Waals surface area contributed by atoms with E-state index in [9.17, 15) is 9.18 Å². The number of nitrogens with zero attached hydrogens (tertiary/aromatic N) is 1. The van der Waals surface area contributed by atoms with Crippen molar-refractivity contribution >= 4 is 17.7 Å². The summed E-state index contributed by atoms with van der Waals surface area (Å²) >= 11 is 1.85. The van der Waals surface area contributed by atoms with Gasteiger partial charge in [-0.25, -0.2) is 4.39 Å². The molecule has 0 unspecified atom stereocenters. The van der Waals surface area contributed by atoms with Crippen LogP contribution in [0.5, 0.6) is 0 Å². The number of carbonyl (C=O) groups is 1. The van der Waals surface area contributed by atoms with E-state index in [1.165, 1.54) is 23.3 Å². The summed E-state index contributed by atoms with van der Waals surface area (Å²) in [6.07, 6.45) is 1.78. The van der Waals surface area contributed by atoms with Crippen LogP contribution in [0.1, 0.15) is 29.5 Å². The lowest BCUT2D eigenvalue weighted by Crippen LogP contribution is -2.40. The maximum atomic E-state index is 13.0. The number of hydrogen-bond donors (Lipinski definition) is 1. The van der Waals surface area contributed by atoms with Gasteiger partial charge in [0.1, 0.15) is 5.82 Å². The zero-order valence-corrected chi connectivity index (χ0v) is 17.3. The fraction of sp³-hybridized carbons (Fsp3) is 0.435. The van der Waals surface area contributed by atoms with E-state index in [1.807, 2.05) is 23.9 Å². The fourth-order valence-electron chi connectivity index (χ4n) is 3.47. The average Bonchev–Trinajstić information content (AvgIpc) is 2.71. The van der Waals surface area contributed by atoms with E-state index in [0.717, 1.165) is 56.1 Å². The number of amides is 1. The van der Waals surface area contributed by atoms with Gasteiger partial charge in [0.2, 0.25) is 5.91 Å². The van der Waals surface area contributed by atoms with Crippen molar-refractivity contribution < 1.29 is 9.18 Å². The van der Waals surface area contributed by atoms with Crippen LogP contribution in [-0.4, -0.2) is 36.2 Å². The molecule has 0 aliphatic carbocycles. The minimum atomic E-state index is -0.198. The Bertz CT molecular complexity index is 740. The molecular formula is C23H29FN2OS. The Balaban J connectivity index is 1.29. The van der Waals surface area contributed by atoms with Crippen molar-refractivity contribution in [1.29, 1.82) is 0 Å². The number of thioether (sulfide) groups is 1. The molecule has 1 aliphatic heterocycles. The van der Waals surface area contributed by atoms with Crippen molar-refractivity contribution in [1.82, 2.24) is 10.2 Å². The number of halogens is 1. The normalized spacial score (nSPS) is 15.5. The number of aryl methyl sites for hydroxylation is 1. The molecule has 28 heavy (non-hydrogen) atoms. The summed E-state index contributed by atoms with van der Waals surface area (Å²) in [5, 5.41) is 3.10. The number of hydrogen-bond acceptors (Lipinski definition) is 3. The molecule has 3 rings (SSSR count). The van der Waals surface area contributed by atoms with Crippen molar-refractivity contribution in [2.75, 3.05) is 25.4 Å². The third-order valence-corrected chi connectivity index (χ3v) is 6.24. The predicted octanol–water partition coefficient (Wildman–Crippen LogP) is 4.40. The lowest BCUT2D eigenvalue weighted by atomic mass is 9.95. The molecule has 1 amide bonds. The number of carbonyl (C=O) groups excluding carboxylic acids is 1. The molecule has 3 nitrogen and oxygen atoms in total. The summed E-state index contributed by atoms with van der Waals surface area (Å²) in [7, 11) is 0.